The van der Waals surface area contributed by atoms with E-state index in [-0.39, 0.29) is 36.6 Å². The highest BCUT2D eigenvalue weighted by Gasteiger charge is 2.24. The average Bonchev–Trinajstić information content (AvgIpc) is 2.68. The summed E-state index contributed by atoms with van der Waals surface area (Å²) >= 11 is 0. The summed E-state index contributed by atoms with van der Waals surface area (Å²) in [7, 11) is 0. The molecule has 2 aliphatic rings. The minimum Gasteiger partial charge on any atom is -0.387 e. The number of carbonyl (C=O) groups excluding carboxylic acids is 1. The van der Waals surface area contributed by atoms with Gasteiger partial charge in [0.05, 0.1) is 6.10 Å². The van der Waals surface area contributed by atoms with Gasteiger partial charge in [-0.05, 0) is 63.3 Å². The molecule has 0 radical (unpaired) electrons. The molecule has 0 spiro atoms. The van der Waals surface area contributed by atoms with Gasteiger partial charge in [0.1, 0.15) is 0 Å². The van der Waals surface area contributed by atoms with Crippen LogP contribution in [0.15, 0.2) is 30.3 Å². The zero-order chi connectivity index (χ0) is 17.5. The second-order valence-corrected chi connectivity index (χ2v) is 7.44. The van der Waals surface area contributed by atoms with Gasteiger partial charge in [0, 0.05) is 19.0 Å². The molecule has 27 heavy (non-hydrogen) atoms. The fraction of sp³-hybridized carbons (Fsp3) is 0.650. The third kappa shape index (κ3) is 7.59. The van der Waals surface area contributed by atoms with Crippen molar-refractivity contribution in [3.8, 4) is 0 Å². The van der Waals surface area contributed by atoms with Gasteiger partial charge in [-0.1, -0.05) is 30.3 Å². The van der Waals surface area contributed by atoms with Gasteiger partial charge in [-0.3, -0.25) is 4.79 Å². The highest BCUT2D eigenvalue weighted by Crippen LogP contribution is 2.21. The van der Waals surface area contributed by atoms with Crippen LogP contribution in [0.25, 0.3) is 0 Å². The number of benzene rings is 1. The van der Waals surface area contributed by atoms with Gasteiger partial charge in [0.2, 0.25) is 5.91 Å². The van der Waals surface area contributed by atoms with Crippen molar-refractivity contribution in [2.45, 2.75) is 31.8 Å². The number of β-amino-alcohol motifs (C(OH)–C–C–N with tert-alkyl or cyclic N) is 1. The smallest absolute Gasteiger partial charge is 0.223 e. The van der Waals surface area contributed by atoms with Gasteiger partial charge >= 0.3 is 0 Å². The number of aliphatic hydroxyl groups is 1. The Morgan fingerprint density at radius 2 is 1.74 bits per heavy atom. The third-order valence-corrected chi connectivity index (χ3v) is 5.60. The van der Waals surface area contributed by atoms with Crippen LogP contribution in [0.5, 0.6) is 0 Å². The second-order valence-electron chi connectivity index (χ2n) is 7.44. The summed E-state index contributed by atoms with van der Waals surface area (Å²) < 4.78 is 0. The maximum absolute atomic E-state index is 12.2. The molecule has 1 unspecified atom stereocenters. The first-order chi connectivity index (χ1) is 12.2. The lowest BCUT2D eigenvalue weighted by Gasteiger charge is -2.33. The molecule has 5 nitrogen and oxygen atoms in total. The molecular weight excluding hydrogens is 385 g/mol. The van der Waals surface area contributed by atoms with Gasteiger partial charge in [-0.2, -0.15) is 0 Å². The summed E-state index contributed by atoms with van der Waals surface area (Å²) in [4.78, 5) is 14.6. The molecule has 0 aromatic heterocycles. The summed E-state index contributed by atoms with van der Waals surface area (Å²) in [6, 6.07) is 9.87. The molecule has 1 atom stereocenters. The maximum atomic E-state index is 12.2. The molecule has 2 fully saturated rings. The minimum atomic E-state index is -0.419. The van der Waals surface area contributed by atoms with Crippen LogP contribution in [-0.2, 0) is 4.79 Å². The van der Waals surface area contributed by atoms with Crippen LogP contribution in [0.3, 0.4) is 0 Å². The normalized spacial score (nSPS) is 20.2. The van der Waals surface area contributed by atoms with Gasteiger partial charge in [-0.25, -0.2) is 0 Å². The first-order valence-corrected chi connectivity index (χ1v) is 9.66. The molecule has 1 amide bonds. The van der Waals surface area contributed by atoms with E-state index >= 15 is 0 Å². The molecule has 1 aromatic rings. The number of carbonyl (C=O) groups is 1. The number of rotatable bonds is 6. The Kier molecular flexibility index (Phi) is 11.3. The quantitative estimate of drug-likeness (QED) is 0.664. The predicted molar refractivity (Wildman–Crippen MR) is 114 cm³/mol. The number of nitrogens with one attached hydrogen (secondary N) is 2. The number of amides is 1. The Morgan fingerprint density at radius 3 is 2.37 bits per heavy atom. The molecule has 3 N–H and O–H groups in total. The van der Waals surface area contributed by atoms with E-state index in [1.54, 1.807) is 0 Å². The van der Waals surface area contributed by atoms with Gasteiger partial charge < -0.3 is 20.6 Å². The molecule has 1 aromatic carbocycles. The van der Waals surface area contributed by atoms with Gasteiger partial charge in [-0.15, -0.1) is 24.8 Å². The van der Waals surface area contributed by atoms with Crippen molar-refractivity contribution in [2.75, 3.05) is 39.3 Å². The number of piperidine rings is 2. The predicted octanol–water partition coefficient (Wildman–Crippen LogP) is 2.39. The summed E-state index contributed by atoms with van der Waals surface area (Å²) in [6.45, 7) is 5.41. The van der Waals surface area contributed by atoms with E-state index in [9.17, 15) is 9.90 Å². The lowest BCUT2D eigenvalue weighted by atomic mass is 9.94. The van der Waals surface area contributed by atoms with E-state index in [0.717, 1.165) is 64.0 Å². The number of likely N-dealkylation sites (tertiary alicyclic amines) is 1. The lowest BCUT2D eigenvalue weighted by Crippen LogP contribution is -2.43. The van der Waals surface area contributed by atoms with Crippen LogP contribution in [-0.4, -0.2) is 55.2 Å². The maximum Gasteiger partial charge on any atom is 0.223 e. The van der Waals surface area contributed by atoms with Crippen LogP contribution < -0.4 is 10.6 Å². The molecule has 2 heterocycles. The van der Waals surface area contributed by atoms with Crippen LogP contribution in [0.2, 0.25) is 0 Å². The number of nitrogens with zero attached hydrogens (tertiary/aromatic N) is 1. The first-order valence-electron chi connectivity index (χ1n) is 9.66. The summed E-state index contributed by atoms with van der Waals surface area (Å²) in [6.07, 6.45) is 3.68. The van der Waals surface area contributed by atoms with Crippen molar-refractivity contribution in [3.63, 3.8) is 0 Å². The second kappa shape index (κ2) is 12.6. The molecule has 2 aliphatic heterocycles. The van der Waals surface area contributed by atoms with E-state index in [2.05, 4.69) is 15.5 Å². The summed E-state index contributed by atoms with van der Waals surface area (Å²) in [5, 5.41) is 16.8. The highest BCUT2D eigenvalue weighted by molar-refractivity contribution is 5.85. The topological polar surface area (TPSA) is 64.6 Å². The SMILES string of the molecule is Cl.Cl.O=C(NCC1CCN(CC(O)c2ccccc2)CC1)C1CCNCC1. The van der Waals surface area contributed by atoms with Crippen molar-refractivity contribution >= 4 is 30.7 Å². The van der Waals surface area contributed by atoms with Crippen molar-refractivity contribution in [1.29, 1.82) is 0 Å². The molecule has 7 heteroatoms. The molecule has 154 valence electrons. The van der Waals surface area contributed by atoms with Crippen LogP contribution >= 0.6 is 24.8 Å². The number of hydrogen-bond acceptors (Lipinski definition) is 4. The van der Waals surface area contributed by atoms with E-state index in [1.807, 2.05) is 30.3 Å². The van der Waals surface area contributed by atoms with Crippen LogP contribution in [0.1, 0.15) is 37.4 Å². The van der Waals surface area contributed by atoms with Crippen molar-refractivity contribution in [1.82, 2.24) is 15.5 Å². The standard InChI is InChI=1S/C20H31N3O2.2ClH/c24-19(17-4-2-1-3-5-17)15-23-12-8-16(9-13-23)14-22-20(25)18-6-10-21-11-7-18;;/h1-5,16,18-19,21,24H,6-15H2,(H,22,25);2*1H. The molecular formula is C20H33Cl2N3O2. The highest BCUT2D eigenvalue weighted by atomic mass is 35.5. The Morgan fingerprint density at radius 1 is 1.11 bits per heavy atom. The number of aliphatic hydroxyl groups excluding tert-OH is 1. The largest absolute Gasteiger partial charge is 0.387 e. The zero-order valence-electron chi connectivity index (χ0n) is 15.8. The molecule has 0 saturated carbocycles. The Bertz CT molecular complexity index is 533. The van der Waals surface area contributed by atoms with Crippen molar-refractivity contribution in [3.05, 3.63) is 35.9 Å². The van der Waals surface area contributed by atoms with Crippen LogP contribution in [0, 0.1) is 11.8 Å². The van der Waals surface area contributed by atoms with Crippen LogP contribution in [0.4, 0.5) is 0 Å². The van der Waals surface area contributed by atoms with Gasteiger partial charge in [0.15, 0.2) is 0 Å². The van der Waals surface area contributed by atoms with E-state index in [1.165, 1.54) is 0 Å². The summed E-state index contributed by atoms with van der Waals surface area (Å²) in [5.41, 5.74) is 0.985. The Hall–Kier alpha value is -0.850. The molecule has 0 bridgehead atoms. The average molecular weight is 418 g/mol. The fourth-order valence-corrected chi connectivity index (χ4v) is 3.87. The summed E-state index contributed by atoms with van der Waals surface area (Å²) in [5.74, 6) is 1.00. The van der Waals surface area contributed by atoms with E-state index in [4.69, 9.17) is 0 Å². The fourth-order valence-electron chi connectivity index (χ4n) is 3.87. The lowest BCUT2D eigenvalue weighted by molar-refractivity contribution is -0.126. The third-order valence-electron chi connectivity index (χ3n) is 5.60. The number of halogens is 2. The van der Waals surface area contributed by atoms with Crippen molar-refractivity contribution < 1.29 is 9.90 Å². The molecule has 2 saturated heterocycles. The van der Waals surface area contributed by atoms with Crippen molar-refractivity contribution in [2.24, 2.45) is 11.8 Å². The minimum absolute atomic E-state index is 0. The Balaban J connectivity index is 0.00000182. The first kappa shape index (κ1) is 24.2. The van der Waals surface area contributed by atoms with Gasteiger partial charge in [0.25, 0.3) is 0 Å². The van der Waals surface area contributed by atoms with E-state index < -0.39 is 6.10 Å². The zero-order valence-corrected chi connectivity index (χ0v) is 17.4. The molecule has 3 rings (SSSR count). The Labute approximate surface area is 175 Å². The molecule has 0 aliphatic carbocycles. The van der Waals surface area contributed by atoms with E-state index in [0.29, 0.717) is 12.5 Å². The number of hydrogen-bond donors (Lipinski definition) is 3. The monoisotopic (exact) mass is 417 g/mol.